The van der Waals surface area contributed by atoms with Crippen molar-refractivity contribution in [2.45, 2.75) is 83.8 Å². The average Bonchev–Trinajstić information content (AvgIpc) is 3.27. The van der Waals surface area contributed by atoms with Crippen LogP contribution in [0, 0.1) is 0 Å². The fourth-order valence-corrected chi connectivity index (χ4v) is 5.18. The summed E-state index contributed by atoms with van der Waals surface area (Å²) in [5.41, 5.74) is 8.18. The van der Waals surface area contributed by atoms with E-state index in [1.807, 2.05) is 50.2 Å². The molecule has 1 aliphatic heterocycles. The number of amides is 1. The molecule has 0 radical (unpaired) electrons. The van der Waals surface area contributed by atoms with Crippen LogP contribution in [0.4, 0.5) is 0 Å². The highest BCUT2D eigenvalue weighted by atomic mass is 16.7. The van der Waals surface area contributed by atoms with Crippen molar-refractivity contribution in [3.05, 3.63) is 75.8 Å². The first kappa shape index (κ1) is 33.3. The minimum Gasteiger partial charge on any atom is -0.493 e. The van der Waals surface area contributed by atoms with Crippen molar-refractivity contribution < 1.29 is 29.2 Å². The first-order valence-electron chi connectivity index (χ1n) is 15.4. The Balaban J connectivity index is 1.02. The number of fused-ring (bicyclic) bond motifs is 1. The van der Waals surface area contributed by atoms with E-state index in [0.29, 0.717) is 25.4 Å². The SMILES string of the molecule is CC1(C)OCc2cc([C@@H](O)CNCCCCCCOCCCCc3cccc(-n4cc(O)n(CC(N)=O)c4=O)c3)ccc2O1. The molecule has 1 aromatic heterocycles. The molecule has 11 heteroatoms. The molecule has 2 aromatic carbocycles. The number of nitrogens with one attached hydrogen (secondary N) is 1. The Kier molecular flexibility index (Phi) is 12.0. The molecule has 4 rings (SSSR count). The van der Waals surface area contributed by atoms with E-state index in [1.54, 1.807) is 6.07 Å². The molecule has 240 valence electrons. The summed E-state index contributed by atoms with van der Waals surface area (Å²) in [6.45, 7) is 6.71. The lowest BCUT2D eigenvalue weighted by Crippen LogP contribution is -2.35. The van der Waals surface area contributed by atoms with Crippen LogP contribution in [0.5, 0.6) is 11.6 Å². The summed E-state index contributed by atoms with van der Waals surface area (Å²) >= 11 is 0. The summed E-state index contributed by atoms with van der Waals surface area (Å²) in [6.07, 6.45) is 7.75. The maximum atomic E-state index is 12.6. The third kappa shape index (κ3) is 9.68. The molecule has 3 aromatic rings. The predicted octanol–water partition coefficient (Wildman–Crippen LogP) is 3.70. The number of hydrogen-bond donors (Lipinski definition) is 4. The number of carbonyl (C=O) groups is 1. The minimum atomic E-state index is -0.698. The number of benzene rings is 2. The second-order valence-electron chi connectivity index (χ2n) is 11.7. The number of ether oxygens (including phenoxy) is 3. The van der Waals surface area contributed by atoms with Gasteiger partial charge in [0.25, 0.3) is 0 Å². The van der Waals surface area contributed by atoms with Crippen molar-refractivity contribution in [1.29, 1.82) is 0 Å². The zero-order valence-electron chi connectivity index (χ0n) is 25.8. The maximum Gasteiger partial charge on any atom is 0.336 e. The van der Waals surface area contributed by atoms with Crippen LogP contribution in [0.15, 0.2) is 53.5 Å². The van der Waals surface area contributed by atoms with Gasteiger partial charge in [0.2, 0.25) is 17.6 Å². The van der Waals surface area contributed by atoms with Crippen LogP contribution in [0.2, 0.25) is 0 Å². The maximum absolute atomic E-state index is 12.6. The fourth-order valence-electron chi connectivity index (χ4n) is 5.18. The molecule has 0 unspecified atom stereocenters. The Labute approximate surface area is 258 Å². The van der Waals surface area contributed by atoms with E-state index in [0.717, 1.165) is 85.1 Å². The average molecular weight is 611 g/mol. The van der Waals surface area contributed by atoms with Gasteiger partial charge in [-0.15, -0.1) is 0 Å². The summed E-state index contributed by atoms with van der Waals surface area (Å²) in [4.78, 5) is 23.7. The van der Waals surface area contributed by atoms with Gasteiger partial charge in [0, 0.05) is 39.2 Å². The van der Waals surface area contributed by atoms with Gasteiger partial charge < -0.3 is 35.5 Å². The van der Waals surface area contributed by atoms with Gasteiger partial charge in [-0.3, -0.25) is 13.9 Å². The molecule has 5 N–H and O–H groups in total. The topological polar surface area (TPSA) is 150 Å². The molecule has 0 saturated carbocycles. The number of nitrogens with zero attached hydrogens (tertiary/aromatic N) is 2. The summed E-state index contributed by atoms with van der Waals surface area (Å²) in [5, 5.41) is 23.9. The van der Waals surface area contributed by atoms with E-state index < -0.39 is 23.5 Å². The molecule has 0 aliphatic carbocycles. The number of nitrogens with two attached hydrogens (primary N) is 1. The number of aryl methyl sites for hydroxylation is 1. The van der Waals surface area contributed by atoms with Gasteiger partial charge in [-0.1, -0.05) is 31.0 Å². The highest BCUT2D eigenvalue weighted by Gasteiger charge is 2.27. The summed E-state index contributed by atoms with van der Waals surface area (Å²) in [6, 6.07) is 13.3. The highest BCUT2D eigenvalue weighted by molar-refractivity contribution is 5.73. The number of aromatic hydroxyl groups is 1. The molecule has 1 aliphatic rings. The van der Waals surface area contributed by atoms with Gasteiger partial charge in [-0.2, -0.15) is 0 Å². The van der Waals surface area contributed by atoms with Gasteiger partial charge in [0.15, 0.2) is 0 Å². The Morgan fingerprint density at radius 3 is 2.66 bits per heavy atom. The Morgan fingerprint density at radius 2 is 1.86 bits per heavy atom. The van der Waals surface area contributed by atoms with Gasteiger partial charge in [-0.05, 0) is 74.0 Å². The minimum absolute atomic E-state index is 0.304. The molecular formula is C33H46N4O7. The van der Waals surface area contributed by atoms with Crippen molar-refractivity contribution in [3.8, 4) is 17.3 Å². The van der Waals surface area contributed by atoms with E-state index in [9.17, 15) is 19.8 Å². The number of rotatable bonds is 18. The Hall–Kier alpha value is -3.64. The second kappa shape index (κ2) is 15.9. The monoisotopic (exact) mass is 610 g/mol. The molecule has 11 nitrogen and oxygen atoms in total. The highest BCUT2D eigenvalue weighted by Crippen LogP contribution is 2.32. The Morgan fingerprint density at radius 1 is 1.09 bits per heavy atom. The van der Waals surface area contributed by atoms with Crippen molar-refractivity contribution in [2.75, 3.05) is 26.3 Å². The number of aliphatic hydroxyl groups excluding tert-OH is 1. The van der Waals surface area contributed by atoms with E-state index in [-0.39, 0.29) is 12.4 Å². The van der Waals surface area contributed by atoms with Gasteiger partial charge in [-0.25, -0.2) is 4.79 Å². The van der Waals surface area contributed by atoms with E-state index in [2.05, 4.69) is 5.32 Å². The predicted molar refractivity (Wildman–Crippen MR) is 167 cm³/mol. The lowest BCUT2D eigenvalue weighted by molar-refractivity contribution is -0.180. The number of primary amides is 1. The number of carbonyl (C=O) groups excluding carboxylic acids is 1. The van der Waals surface area contributed by atoms with Crippen molar-refractivity contribution in [3.63, 3.8) is 0 Å². The molecular weight excluding hydrogens is 564 g/mol. The lowest BCUT2D eigenvalue weighted by atomic mass is 10.0. The quantitative estimate of drug-likeness (QED) is 0.159. The van der Waals surface area contributed by atoms with Crippen LogP contribution in [0.3, 0.4) is 0 Å². The molecule has 2 heterocycles. The van der Waals surface area contributed by atoms with Crippen LogP contribution in [-0.2, 0) is 33.8 Å². The van der Waals surface area contributed by atoms with Crippen molar-refractivity contribution >= 4 is 5.91 Å². The summed E-state index contributed by atoms with van der Waals surface area (Å²) in [5.74, 6) is -0.815. The van der Waals surface area contributed by atoms with Crippen LogP contribution < -0.4 is 21.5 Å². The van der Waals surface area contributed by atoms with E-state index in [4.69, 9.17) is 19.9 Å². The smallest absolute Gasteiger partial charge is 0.336 e. The normalized spacial score (nSPS) is 14.6. The lowest BCUT2D eigenvalue weighted by Gasteiger charge is -2.33. The number of unbranched alkanes of at least 4 members (excludes halogenated alkanes) is 4. The number of aromatic nitrogens is 2. The zero-order valence-corrected chi connectivity index (χ0v) is 25.8. The second-order valence-corrected chi connectivity index (χ2v) is 11.7. The van der Waals surface area contributed by atoms with Crippen LogP contribution in [0.25, 0.3) is 5.69 Å². The Bertz CT molecular complexity index is 1430. The van der Waals surface area contributed by atoms with Crippen molar-refractivity contribution in [2.24, 2.45) is 5.73 Å². The van der Waals surface area contributed by atoms with Crippen LogP contribution in [0.1, 0.15) is 75.2 Å². The van der Waals surface area contributed by atoms with E-state index >= 15 is 0 Å². The third-order valence-electron chi connectivity index (χ3n) is 7.60. The van der Waals surface area contributed by atoms with E-state index in [1.165, 1.54) is 10.8 Å². The molecule has 0 fully saturated rings. The number of aliphatic hydroxyl groups is 1. The molecule has 44 heavy (non-hydrogen) atoms. The van der Waals surface area contributed by atoms with Gasteiger partial charge in [0.1, 0.15) is 12.3 Å². The summed E-state index contributed by atoms with van der Waals surface area (Å²) in [7, 11) is 0. The standard InChI is InChI=1S/C33H46N4O7/c1-33(2)43-23-26-19-25(13-14-29(26)44-33)28(38)20-35-15-6-3-4-7-16-42-17-8-5-10-24-11-9-12-27(18-24)36-22-31(40)37(32(36)41)21-30(34)39/h9,11-14,18-19,22,28,35,38,40H,3-8,10,15-17,20-21,23H2,1-2H3,(H2,34,39)/t28-/m0/s1. The van der Waals surface area contributed by atoms with Crippen molar-refractivity contribution in [1.82, 2.24) is 14.5 Å². The van der Waals surface area contributed by atoms with Gasteiger partial charge in [0.05, 0.1) is 24.6 Å². The number of imidazole rings is 1. The molecule has 0 saturated heterocycles. The third-order valence-corrected chi connectivity index (χ3v) is 7.60. The fraction of sp³-hybridized carbons (Fsp3) is 0.515. The molecule has 0 spiro atoms. The number of hydrogen-bond acceptors (Lipinski definition) is 8. The van der Waals surface area contributed by atoms with Crippen LogP contribution >= 0.6 is 0 Å². The molecule has 0 bridgehead atoms. The largest absolute Gasteiger partial charge is 0.493 e. The summed E-state index contributed by atoms with van der Waals surface area (Å²) < 4.78 is 19.6. The first-order chi connectivity index (χ1) is 21.1. The first-order valence-corrected chi connectivity index (χ1v) is 15.4. The molecule has 1 atom stereocenters. The van der Waals surface area contributed by atoms with Crippen LogP contribution in [-0.4, -0.2) is 57.3 Å². The zero-order chi connectivity index (χ0) is 31.5. The van der Waals surface area contributed by atoms with Gasteiger partial charge >= 0.3 is 5.69 Å². The molecule has 1 amide bonds.